The average molecular weight is 297 g/mol. The van der Waals surface area contributed by atoms with E-state index < -0.39 is 0 Å². The molecule has 0 bridgehead atoms. The van der Waals surface area contributed by atoms with Crippen molar-refractivity contribution in [1.29, 1.82) is 0 Å². The van der Waals surface area contributed by atoms with Crippen LogP contribution in [0.3, 0.4) is 0 Å². The number of benzene rings is 2. The van der Waals surface area contributed by atoms with Gasteiger partial charge in [0.2, 0.25) is 0 Å². The van der Waals surface area contributed by atoms with Crippen molar-refractivity contribution >= 4 is 11.6 Å². The highest BCUT2D eigenvalue weighted by Gasteiger charge is 2.27. The summed E-state index contributed by atoms with van der Waals surface area (Å²) in [7, 11) is 0. The van der Waals surface area contributed by atoms with E-state index in [1.54, 1.807) is 0 Å². The van der Waals surface area contributed by atoms with Crippen LogP contribution in [0, 0.1) is 18.3 Å². The molecule has 0 saturated carbocycles. The number of rotatable bonds is 4. The Hall–Kier alpha value is -1.71. The predicted molar refractivity (Wildman–Crippen MR) is 91.7 cm³/mol. The van der Waals surface area contributed by atoms with Gasteiger partial charge in [-0.2, -0.15) is 0 Å². The topological polar surface area (TPSA) is 0 Å². The Morgan fingerprint density at radius 1 is 1.10 bits per heavy atom. The number of hydrogen-bond donors (Lipinski definition) is 0. The summed E-state index contributed by atoms with van der Waals surface area (Å²) in [6, 6.07) is 16.6. The smallest absolute Gasteiger partial charge is 0.0554 e. The van der Waals surface area contributed by atoms with Gasteiger partial charge in [0.15, 0.2) is 0 Å². The lowest BCUT2D eigenvalue weighted by Crippen LogP contribution is -2.26. The lowest BCUT2D eigenvalue weighted by molar-refractivity contribution is 0.436. The largest absolute Gasteiger partial charge is 0.119 e. The molecule has 0 radical (unpaired) electrons. The first kappa shape index (κ1) is 15.7. The lowest BCUT2D eigenvalue weighted by atomic mass is 9.74. The third-order valence-electron chi connectivity index (χ3n) is 4.36. The molecule has 0 aliphatic carbocycles. The Morgan fingerprint density at radius 2 is 1.71 bits per heavy atom. The van der Waals surface area contributed by atoms with Gasteiger partial charge in [-0.25, -0.2) is 0 Å². The Kier molecular flexibility index (Phi) is 4.76. The molecule has 0 spiro atoms. The molecule has 0 amide bonds. The molecule has 0 aliphatic heterocycles. The van der Waals surface area contributed by atoms with E-state index in [1.807, 2.05) is 18.2 Å². The molecular formula is C20H21Cl. The first-order valence-electron chi connectivity index (χ1n) is 7.28. The van der Waals surface area contributed by atoms with Gasteiger partial charge in [0.05, 0.1) is 5.41 Å². The monoisotopic (exact) mass is 296 g/mol. The van der Waals surface area contributed by atoms with Gasteiger partial charge < -0.3 is 0 Å². The van der Waals surface area contributed by atoms with Crippen molar-refractivity contribution in [2.75, 3.05) is 0 Å². The fourth-order valence-corrected chi connectivity index (χ4v) is 2.62. The van der Waals surface area contributed by atoms with Crippen LogP contribution in [-0.2, 0) is 11.8 Å². The van der Waals surface area contributed by atoms with Crippen molar-refractivity contribution < 1.29 is 0 Å². The number of hydrogen-bond acceptors (Lipinski definition) is 0. The molecule has 0 heterocycles. The second-order valence-corrected chi connectivity index (χ2v) is 6.37. The highest BCUT2D eigenvalue weighted by molar-refractivity contribution is 6.31. The van der Waals surface area contributed by atoms with Crippen molar-refractivity contribution in [3.05, 3.63) is 70.2 Å². The van der Waals surface area contributed by atoms with Crippen LogP contribution in [0.5, 0.6) is 0 Å². The van der Waals surface area contributed by atoms with Gasteiger partial charge in [0.1, 0.15) is 0 Å². The average Bonchev–Trinajstić information content (AvgIpc) is 2.49. The fourth-order valence-electron chi connectivity index (χ4n) is 2.41. The summed E-state index contributed by atoms with van der Waals surface area (Å²) in [5.74, 6) is 3.35. The summed E-state index contributed by atoms with van der Waals surface area (Å²) in [5.41, 5.74) is 3.37. The standard InChI is InChI=1S/C20H21Cl/c1-5-20(4,15(2)3)18-12-10-16(11-13-18)14-17-8-6-7-9-19(17)21/h1,6-13,15H,14H2,2-4H3. The third-order valence-corrected chi connectivity index (χ3v) is 4.73. The summed E-state index contributed by atoms with van der Waals surface area (Å²) in [6.45, 7) is 6.45. The lowest BCUT2D eigenvalue weighted by Gasteiger charge is -2.28. The molecular weight excluding hydrogens is 276 g/mol. The maximum absolute atomic E-state index is 6.22. The van der Waals surface area contributed by atoms with Gasteiger partial charge in [-0.3, -0.25) is 0 Å². The molecule has 0 nitrogen and oxygen atoms in total. The van der Waals surface area contributed by atoms with Crippen molar-refractivity contribution in [2.45, 2.75) is 32.6 Å². The van der Waals surface area contributed by atoms with E-state index >= 15 is 0 Å². The summed E-state index contributed by atoms with van der Waals surface area (Å²) in [6.07, 6.45) is 6.60. The van der Waals surface area contributed by atoms with E-state index in [9.17, 15) is 0 Å². The molecule has 0 aromatic heterocycles. The molecule has 0 N–H and O–H groups in total. The molecule has 0 saturated heterocycles. The van der Waals surface area contributed by atoms with Crippen molar-refractivity contribution in [2.24, 2.45) is 5.92 Å². The van der Waals surface area contributed by atoms with Crippen LogP contribution >= 0.6 is 11.6 Å². The first-order valence-corrected chi connectivity index (χ1v) is 7.65. The number of halogens is 1. The molecule has 0 aliphatic rings. The Labute approximate surface area is 133 Å². The third kappa shape index (κ3) is 3.31. The minimum Gasteiger partial charge on any atom is -0.119 e. The van der Waals surface area contributed by atoms with Crippen molar-refractivity contribution in [3.63, 3.8) is 0 Å². The van der Waals surface area contributed by atoms with Gasteiger partial charge in [-0.15, -0.1) is 6.42 Å². The molecule has 2 aromatic rings. The molecule has 108 valence electrons. The van der Waals surface area contributed by atoms with E-state index in [0.29, 0.717) is 5.92 Å². The van der Waals surface area contributed by atoms with Crippen molar-refractivity contribution in [3.8, 4) is 12.3 Å². The highest BCUT2D eigenvalue weighted by atomic mass is 35.5. The summed E-state index contributed by atoms with van der Waals surface area (Å²) < 4.78 is 0. The van der Waals surface area contributed by atoms with Gasteiger partial charge in [-0.05, 0) is 42.0 Å². The zero-order valence-corrected chi connectivity index (χ0v) is 13.6. The van der Waals surface area contributed by atoms with Crippen LogP contribution in [0.25, 0.3) is 0 Å². The summed E-state index contributed by atoms with van der Waals surface area (Å²) in [4.78, 5) is 0. The molecule has 2 rings (SSSR count). The van der Waals surface area contributed by atoms with Gasteiger partial charge in [0.25, 0.3) is 0 Å². The zero-order valence-electron chi connectivity index (χ0n) is 12.9. The molecule has 2 aromatic carbocycles. The zero-order chi connectivity index (χ0) is 15.5. The van der Waals surface area contributed by atoms with Gasteiger partial charge in [-0.1, -0.05) is 73.8 Å². The Morgan fingerprint density at radius 3 is 2.24 bits per heavy atom. The second-order valence-electron chi connectivity index (χ2n) is 5.97. The molecule has 1 heteroatoms. The van der Waals surface area contributed by atoms with Crippen LogP contribution in [0.15, 0.2) is 48.5 Å². The SMILES string of the molecule is C#CC(C)(c1ccc(Cc2ccccc2Cl)cc1)C(C)C. The Bertz CT molecular complexity index is 646. The van der Waals surface area contributed by atoms with Crippen LogP contribution in [-0.4, -0.2) is 0 Å². The minimum absolute atomic E-state index is 0.219. The maximum Gasteiger partial charge on any atom is 0.0554 e. The second kappa shape index (κ2) is 6.37. The van der Waals surface area contributed by atoms with Gasteiger partial charge in [0, 0.05) is 5.02 Å². The van der Waals surface area contributed by atoms with Crippen LogP contribution in [0.2, 0.25) is 5.02 Å². The van der Waals surface area contributed by atoms with E-state index in [1.165, 1.54) is 11.1 Å². The first-order chi connectivity index (χ1) is 9.97. The maximum atomic E-state index is 6.22. The van der Waals surface area contributed by atoms with Gasteiger partial charge >= 0.3 is 0 Å². The van der Waals surface area contributed by atoms with E-state index in [0.717, 1.165) is 17.0 Å². The molecule has 21 heavy (non-hydrogen) atoms. The molecule has 0 fully saturated rings. The summed E-state index contributed by atoms with van der Waals surface area (Å²) >= 11 is 6.22. The number of terminal acetylenes is 1. The minimum atomic E-state index is -0.219. The molecule has 1 atom stereocenters. The van der Waals surface area contributed by atoms with Crippen LogP contribution < -0.4 is 0 Å². The fraction of sp³-hybridized carbons (Fsp3) is 0.300. The van der Waals surface area contributed by atoms with E-state index in [-0.39, 0.29) is 5.41 Å². The van der Waals surface area contributed by atoms with Crippen LogP contribution in [0.4, 0.5) is 0 Å². The quantitative estimate of drug-likeness (QED) is 0.656. The molecule has 1 unspecified atom stereocenters. The van der Waals surface area contributed by atoms with Crippen LogP contribution in [0.1, 0.15) is 37.5 Å². The van der Waals surface area contributed by atoms with E-state index in [2.05, 4.69) is 57.0 Å². The highest BCUT2D eigenvalue weighted by Crippen LogP contribution is 2.31. The normalized spacial score (nSPS) is 13.7. The van der Waals surface area contributed by atoms with Crippen molar-refractivity contribution in [1.82, 2.24) is 0 Å². The Balaban J connectivity index is 2.24. The van der Waals surface area contributed by atoms with E-state index in [4.69, 9.17) is 18.0 Å². The predicted octanol–water partition coefficient (Wildman–Crippen LogP) is 5.48. The summed E-state index contributed by atoms with van der Waals surface area (Å²) in [5, 5.41) is 0.817.